The van der Waals surface area contributed by atoms with E-state index in [4.69, 9.17) is 0 Å². The van der Waals surface area contributed by atoms with Crippen LogP contribution in [0.1, 0.15) is 23.6 Å². The van der Waals surface area contributed by atoms with Gasteiger partial charge in [0.1, 0.15) is 5.82 Å². The quantitative estimate of drug-likeness (QED) is 0.715. The molecule has 4 heteroatoms. The molecular weight excluding hydrogens is 291 g/mol. The van der Waals surface area contributed by atoms with Crippen molar-refractivity contribution in [3.8, 4) is 0 Å². The maximum Gasteiger partial charge on any atom is 0.333 e. The molecule has 118 valence electrons. The van der Waals surface area contributed by atoms with Crippen LogP contribution in [-0.2, 0) is 6.54 Å². The summed E-state index contributed by atoms with van der Waals surface area (Å²) in [5.41, 5.74) is 5.42. The van der Waals surface area contributed by atoms with Crippen LogP contribution >= 0.6 is 0 Å². The van der Waals surface area contributed by atoms with Gasteiger partial charge in [0.15, 0.2) is 0 Å². The summed E-state index contributed by atoms with van der Waals surface area (Å²) in [5.74, 6) is -0.281. The van der Waals surface area contributed by atoms with Gasteiger partial charge in [0.25, 0.3) is 0 Å². The number of nitrogens with zero attached hydrogens (tertiary/aromatic N) is 2. The summed E-state index contributed by atoms with van der Waals surface area (Å²) in [4.78, 5) is 12.8. The average molecular weight is 310 g/mol. The highest BCUT2D eigenvalue weighted by Crippen LogP contribution is 2.21. The molecule has 3 aromatic rings. The highest BCUT2D eigenvalue weighted by atomic mass is 19.1. The third-order valence-electron chi connectivity index (χ3n) is 4.18. The van der Waals surface area contributed by atoms with Crippen molar-refractivity contribution < 1.29 is 4.39 Å². The highest BCUT2D eigenvalue weighted by Gasteiger charge is 2.15. The maximum absolute atomic E-state index is 13.1. The predicted octanol–water partition coefficient (Wildman–Crippen LogP) is 4.10. The van der Waals surface area contributed by atoms with Crippen LogP contribution in [0.15, 0.2) is 47.8 Å². The molecule has 0 spiro atoms. The molecule has 0 aliphatic carbocycles. The largest absolute Gasteiger partial charge is 0.333 e. The smallest absolute Gasteiger partial charge is 0.287 e. The molecule has 2 aromatic carbocycles. The lowest BCUT2D eigenvalue weighted by atomic mass is 10.1. The minimum Gasteiger partial charge on any atom is -0.287 e. The zero-order chi connectivity index (χ0) is 16.7. The molecule has 0 bridgehead atoms. The van der Waals surface area contributed by atoms with E-state index in [0.29, 0.717) is 12.2 Å². The van der Waals surface area contributed by atoms with Gasteiger partial charge in [-0.2, -0.15) is 0 Å². The molecule has 0 amide bonds. The van der Waals surface area contributed by atoms with Crippen LogP contribution in [-0.4, -0.2) is 9.13 Å². The first kappa shape index (κ1) is 15.3. The maximum atomic E-state index is 13.1. The van der Waals surface area contributed by atoms with Gasteiger partial charge < -0.3 is 0 Å². The monoisotopic (exact) mass is 310 g/mol. The first-order valence-corrected chi connectivity index (χ1v) is 7.51. The topological polar surface area (TPSA) is 26.9 Å². The van der Waals surface area contributed by atoms with Crippen LogP contribution in [0.3, 0.4) is 0 Å². The van der Waals surface area contributed by atoms with Crippen LogP contribution in [0, 0.1) is 19.7 Å². The van der Waals surface area contributed by atoms with E-state index in [1.165, 1.54) is 12.1 Å². The first-order valence-electron chi connectivity index (χ1n) is 7.51. The Hall–Kier alpha value is -2.62. The molecule has 0 fully saturated rings. The second-order valence-electron chi connectivity index (χ2n) is 5.99. The molecule has 23 heavy (non-hydrogen) atoms. The second kappa shape index (κ2) is 5.54. The zero-order valence-electron chi connectivity index (χ0n) is 13.6. The lowest BCUT2D eigenvalue weighted by molar-refractivity contribution is 0.626. The number of hydrogen-bond donors (Lipinski definition) is 0. The normalized spacial score (nSPS) is 11.1. The molecule has 0 radical (unpaired) electrons. The lowest BCUT2D eigenvalue weighted by Crippen LogP contribution is -2.23. The van der Waals surface area contributed by atoms with E-state index in [9.17, 15) is 9.18 Å². The third-order valence-corrected chi connectivity index (χ3v) is 4.18. The Balaban J connectivity index is 2.25. The minimum absolute atomic E-state index is 0.123. The standard InChI is InChI=1S/C19H19FN2O/c1-12(2)22-18-10-14(4)13(3)9-17(18)21(19(22)23)11-15-5-7-16(20)8-6-15/h5-10H,1,11H2,2-4H3. The van der Waals surface area contributed by atoms with Crippen molar-refractivity contribution in [3.63, 3.8) is 0 Å². The van der Waals surface area contributed by atoms with Gasteiger partial charge in [-0.15, -0.1) is 0 Å². The molecule has 0 atom stereocenters. The van der Waals surface area contributed by atoms with Gasteiger partial charge in [-0.25, -0.2) is 9.18 Å². The summed E-state index contributed by atoms with van der Waals surface area (Å²) in [5, 5.41) is 0. The van der Waals surface area contributed by atoms with E-state index in [-0.39, 0.29) is 11.5 Å². The number of hydrogen-bond acceptors (Lipinski definition) is 1. The number of allylic oxidation sites excluding steroid dienone is 1. The van der Waals surface area contributed by atoms with Crippen molar-refractivity contribution in [1.29, 1.82) is 0 Å². The van der Waals surface area contributed by atoms with E-state index in [2.05, 4.69) is 6.58 Å². The first-order chi connectivity index (χ1) is 10.9. The van der Waals surface area contributed by atoms with Gasteiger partial charge in [0, 0.05) is 5.70 Å². The fourth-order valence-electron chi connectivity index (χ4n) is 2.80. The summed E-state index contributed by atoms with van der Waals surface area (Å²) in [6.45, 7) is 10.2. The number of fused-ring (bicyclic) bond motifs is 1. The molecule has 0 aliphatic rings. The Bertz CT molecular complexity index is 962. The van der Waals surface area contributed by atoms with Crippen LogP contribution < -0.4 is 5.69 Å². The fourth-order valence-corrected chi connectivity index (χ4v) is 2.80. The van der Waals surface area contributed by atoms with E-state index in [0.717, 1.165) is 27.7 Å². The number of imidazole rings is 1. The van der Waals surface area contributed by atoms with Gasteiger partial charge in [-0.1, -0.05) is 18.7 Å². The summed E-state index contributed by atoms with van der Waals surface area (Å²) < 4.78 is 16.4. The molecular formula is C19H19FN2O. The third kappa shape index (κ3) is 2.61. The molecule has 1 heterocycles. The van der Waals surface area contributed by atoms with Crippen LogP contribution in [0.25, 0.3) is 16.7 Å². The lowest BCUT2D eigenvalue weighted by Gasteiger charge is -2.06. The Morgan fingerprint density at radius 1 is 1.09 bits per heavy atom. The molecule has 3 rings (SSSR count). The van der Waals surface area contributed by atoms with Crippen molar-refractivity contribution in [2.75, 3.05) is 0 Å². The van der Waals surface area contributed by atoms with Crippen molar-refractivity contribution in [2.45, 2.75) is 27.3 Å². The van der Waals surface area contributed by atoms with Gasteiger partial charge in [0.05, 0.1) is 17.6 Å². The van der Waals surface area contributed by atoms with Crippen molar-refractivity contribution in [2.24, 2.45) is 0 Å². The SMILES string of the molecule is C=C(C)n1c(=O)n(Cc2ccc(F)cc2)c2cc(C)c(C)cc21. The molecule has 3 nitrogen and oxygen atoms in total. The van der Waals surface area contributed by atoms with Crippen molar-refractivity contribution in [1.82, 2.24) is 9.13 Å². The second-order valence-corrected chi connectivity index (χ2v) is 5.99. The fraction of sp³-hybridized carbons (Fsp3) is 0.211. The van der Waals surface area contributed by atoms with Crippen molar-refractivity contribution in [3.05, 3.63) is 76.0 Å². The Morgan fingerprint density at radius 2 is 1.65 bits per heavy atom. The van der Waals surface area contributed by atoms with Gasteiger partial charge in [-0.3, -0.25) is 9.13 Å². The van der Waals surface area contributed by atoms with E-state index >= 15 is 0 Å². The van der Waals surface area contributed by atoms with Crippen LogP contribution in [0.2, 0.25) is 0 Å². The number of aryl methyl sites for hydroxylation is 2. The molecule has 0 N–H and O–H groups in total. The Morgan fingerprint density at radius 3 is 2.22 bits per heavy atom. The number of aromatic nitrogens is 2. The average Bonchev–Trinajstić information content (AvgIpc) is 2.74. The number of halogens is 1. The zero-order valence-corrected chi connectivity index (χ0v) is 13.6. The van der Waals surface area contributed by atoms with Crippen molar-refractivity contribution >= 4 is 16.7 Å². The minimum atomic E-state index is -0.281. The molecule has 0 saturated carbocycles. The predicted molar refractivity (Wildman–Crippen MR) is 92.2 cm³/mol. The Labute approximate surface area is 134 Å². The van der Waals surface area contributed by atoms with Gasteiger partial charge >= 0.3 is 5.69 Å². The van der Waals surface area contributed by atoms with Gasteiger partial charge in [0.2, 0.25) is 0 Å². The number of rotatable bonds is 3. The Kier molecular flexibility index (Phi) is 3.68. The molecule has 1 aromatic heterocycles. The molecule has 0 unspecified atom stereocenters. The van der Waals surface area contributed by atoms with Crippen LogP contribution in [0.5, 0.6) is 0 Å². The summed E-state index contributed by atoms with van der Waals surface area (Å²) in [6.07, 6.45) is 0. The summed E-state index contributed by atoms with van der Waals surface area (Å²) in [7, 11) is 0. The van der Waals surface area contributed by atoms with E-state index < -0.39 is 0 Å². The number of benzene rings is 2. The summed E-state index contributed by atoms with van der Waals surface area (Å²) >= 11 is 0. The molecule has 0 aliphatic heterocycles. The molecule has 0 saturated heterocycles. The van der Waals surface area contributed by atoms with Gasteiger partial charge in [-0.05, 0) is 61.7 Å². The van der Waals surface area contributed by atoms with E-state index in [1.807, 2.05) is 32.9 Å². The summed E-state index contributed by atoms with van der Waals surface area (Å²) in [6, 6.07) is 10.3. The van der Waals surface area contributed by atoms with Crippen LogP contribution in [0.4, 0.5) is 4.39 Å². The highest BCUT2D eigenvalue weighted by molar-refractivity contribution is 5.81. The van der Waals surface area contributed by atoms with E-state index in [1.54, 1.807) is 21.3 Å².